The standard InChI is InChI=1S/C20H28N4O2S/c1-4-12-27-20-22-21-19(23(20)3)16-9-7-11-24(14-16)13-15-8-6-10-17(18(15)25)26-5-2/h4,6,8,10,16,25H,1,5,7,9,11-14H2,2-3H3/t16-/m0/s1. The first-order valence-corrected chi connectivity index (χ1v) is 10.4. The number of aromatic hydroxyl groups is 1. The molecule has 3 rings (SSSR count). The van der Waals surface area contributed by atoms with Crippen molar-refractivity contribution < 1.29 is 9.84 Å². The number of piperidine rings is 1. The highest BCUT2D eigenvalue weighted by Crippen LogP contribution is 2.33. The fraction of sp³-hybridized carbons (Fsp3) is 0.500. The summed E-state index contributed by atoms with van der Waals surface area (Å²) in [5.74, 6) is 3.03. The first kappa shape index (κ1) is 19.8. The van der Waals surface area contributed by atoms with Gasteiger partial charge in [-0.2, -0.15) is 0 Å². The van der Waals surface area contributed by atoms with E-state index in [1.54, 1.807) is 11.8 Å². The zero-order chi connectivity index (χ0) is 19.2. The van der Waals surface area contributed by atoms with Crippen LogP contribution >= 0.6 is 11.8 Å². The van der Waals surface area contributed by atoms with E-state index in [-0.39, 0.29) is 5.75 Å². The Morgan fingerprint density at radius 3 is 3.04 bits per heavy atom. The number of hydrogen-bond donors (Lipinski definition) is 1. The minimum Gasteiger partial charge on any atom is -0.504 e. The van der Waals surface area contributed by atoms with Gasteiger partial charge in [-0.1, -0.05) is 30.0 Å². The summed E-state index contributed by atoms with van der Waals surface area (Å²) in [5, 5.41) is 20.2. The van der Waals surface area contributed by atoms with Crippen molar-refractivity contribution in [3.05, 3.63) is 42.2 Å². The minimum atomic E-state index is 0.253. The zero-order valence-corrected chi connectivity index (χ0v) is 16.9. The maximum Gasteiger partial charge on any atom is 0.191 e. The van der Waals surface area contributed by atoms with Crippen molar-refractivity contribution in [3.8, 4) is 11.5 Å². The van der Waals surface area contributed by atoms with Gasteiger partial charge in [0.2, 0.25) is 0 Å². The zero-order valence-electron chi connectivity index (χ0n) is 16.1. The Kier molecular flexibility index (Phi) is 6.79. The van der Waals surface area contributed by atoms with E-state index in [9.17, 15) is 5.11 Å². The molecule has 1 fully saturated rings. The second kappa shape index (κ2) is 9.28. The Labute approximate surface area is 165 Å². The van der Waals surface area contributed by atoms with E-state index in [1.807, 2.05) is 38.2 Å². The number of phenolic OH excluding ortho intramolecular Hbond substituents is 1. The first-order valence-electron chi connectivity index (χ1n) is 9.43. The van der Waals surface area contributed by atoms with Gasteiger partial charge in [-0.25, -0.2) is 0 Å². The molecule has 7 heteroatoms. The molecule has 1 aromatic carbocycles. The lowest BCUT2D eigenvalue weighted by Gasteiger charge is -2.32. The Hall–Kier alpha value is -1.99. The van der Waals surface area contributed by atoms with Crippen LogP contribution in [0.3, 0.4) is 0 Å². The summed E-state index contributed by atoms with van der Waals surface area (Å²) in [6.07, 6.45) is 4.10. The first-order chi connectivity index (χ1) is 13.1. The van der Waals surface area contributed by atoms with Crippen LogP contribution in [0.4, 0.5) is 0 Å². The molecule has 6 nitrogen and oxygen atoms in total. The second-order valence-electron chi connectivity index (χ2n) is 6.77. The van der Waals surface area contributed by atoms with Crippen molar-refractivity contribution in [3.63, 3.8) is 0 Å². The quantitative estimate of drug-likeness (QED) is 0.551. The average molecular weight is 389 g/mol. The summed E-state index contributed by atoms with van der Waals surface area (Å²) in [7, 11) is 2.04. The molecular formula is C20H28N4O2S. The van der Waals surface area contributed by atoms with Gasteiger partial charge in [-0.05, 0) is 32.4 Å². The number of nitrogens with zero attached hydrogens (tertiary/aromatic N) is 4. The fourth-order valence-electron chi connectivity index (χ4n) is 3.56. The third kappa shape index (κ3) is 4.65. The molecule has 1 saturated heterocycles. The predicted molar refractivity (Wildman–Crippen MR) is 108 cm³/mol. The van der Waals surface area contributed by atoms with E-state index in [0.717, 1.165) is 48.2 Å². The molecule has 1 atom stereocenters. The number of rotatable bonds is 8. The Bertz CT molecular complexity index is 777. The molecule has 0 spiro atoms. The van der Waals surface area contributed by atoms with Crippen LogP contribution in [-0.2, 0) is 13.6 Å². The van der Waals surface area contributed by atoms with E-state index < -0.39 is 0 Å². The van der Waals surface area contributed by atoms with Crippen molar-refractivity contribution in [1.82, 2.24) is 19.7 Å². The Balaban J connectivity index is 1.69. The molecule has 0 radical (unpaired) electrons. The van der Waals surface area contributed by atoms with Gasteiger partial charge >= 0.3 is 0 Å². The summed E-state index contributed by atoms with van der Waals surface area (Å²) >= 11 is 1.65. The predicted octanol–water partition coefficient (Wildman–Crippen LogP) is 3.58. The third-order valence-electron chi connectivity index (χ3n) is 4.85. The molecule has 146 valence electrons. The smallest absolute Gasteiger partial charge is 0.191 e. The second-order valence-corrected chi connectivity index (χ2v) is 7.76. The van der Waals surface area contributed by atoms with Gasteiger partial charge in [0.15, 0.2) is 16.7 Å². The number of hydrogen-bond acceptors (Lipinski definition) is 6. The lowest BCUT2D eigenvalue weighted by molar-refractivity contribution is 0.192. The van der Waals surface area contributed by atoms with E-state index >= 15 is 0 Å². The molecule has 1 aliphatic rings. The largest absolute Gasteiger partial charge is 0.504 e. The fourth-order valence-corrected chi connectivity index (χ4v) is 4.21. The topological polar surface area (TPSA) is 63.4 Å². The van der Waals surface area contributed by atoms with Gasteiger partial charge in [0, 0.05) is 37.4 Å². The minimum absolute atomic E-state index is 0.253. The van der Waals surface area contributed by atoms with Crippen LogP contribution in [0.5, 0.6) is 11.5 Å². The molecule has 27 heavy (non-hydrogen) atoms. The van der Waals surface area contributed by atoms with E-state index in [1.165, 1.54) is 0 Å². The molecule has 1 aromatic heterocycles. The molecule has 0 aliphatic carbocycles. The summed E-state index contributed by atoms with van der Waals surface area (Å²) in [6, 6.07) is 5.71. The molecule has 2 heterocycles. The number of aromatic nitrogens is 3. The van der Waals surface area contributed by atoms with Gasteiger partial charge in [-0.3, -0.25) is 4.90 Å². The number of thioether (sulfide) groups is 1. The van der Waals surface area contributed by atoms with Gasteiger partial charge in [0.1, 0.15) is 5.82 Å². The molecule has 1 N–H and O–H groups in total. The molecule has 0 bridgehead atoms. The summed E-state index contributed by atoms with van der Waals surface area (Å²) in [6.45, 7) is 8.86. The van der Waals surface area contributed by atoms with Crippen LogP contribution in [0.1, 0.15) is 37.1 Å². The van der Waals surface area contributed by atoms with E-state index in [2.05, 4.69) is 26.2 Å². The molecule has 1 aliphatic heterocycles. The van der Waals surface area contributed by atoms with Crippen molar-refractivity contribution >= 4 is 11.8 Å². The van der Waals surface area contributed by atoms with Gasteiger partial charge < -0.3 is 14.4 Å². The van der Waals surface area contributed by atoms with Crippen molar-refractivity contribution in [2.75, 3.05) is 25.4 Å². The summed E-state index contributed by atoms with van der Waals surface area (Å²) in [5.41, 5.74) is 0.904. The maximum atomic E-state index is 10.5. The van der Waals surface area contributed by atoms with E-state index in [4.69, 9.17) is 4.74 Å². The van der Waals surface area contributed by atoms with E-state index in [0.29, 0.717) is 24.8 Å². The SMILES string of the molecule is C=CCSc1nnc([C@H]2CCCN(Cc3cccc(OCC)c3O)C2)n1C. The number of phenols is 1. The molecule has 2 aromatic rings. The highest BCUT2D eigenvalue weighted by molar-refractivity contribution is 7.99. The monoisotopic (exact) mass is 388 g/mol. The summed E-state index contributed by atoms with van der Waals surface area (Å²) in [4.78, 5) is 2.38. The van der Waals surface area contributed by atoms with Gasteiger partial charge in [0.05, 0.1) is 6.61 Å². The van der Waals surface area contributed by atoms with Crippen LogP contribution in [0.2, 0.25) is 0 Å². The third-order valence-corrected chi connectivity index (χ3v) is 5.86. The van der Waals surface area contributed by atoms with Crippen molar-refractivity contribution in [1.29, 1.82) is 0 Å². The lowest BCUT2D eigenvalue weighted by Crippen LogP contribution is -2.34. The van der Waals surface area contributed by atoms with Gasteiger partial charge in [0.25, 0.3) is 0 Å². The van der Waals surface area contributed by atoms with Crippen LogP contribution in [0.15, 0.2) is 36.0 Å². The van der Waals surface area contributed by atoms with Crippen LogP contribution < -0.4 is 4.74 Å². The molecule has 0 amide bonds. The molecular weight excluding hydrogens is 360 g/mol. The van der Waals surface area contributed by atoms with Crippen molar-refractivity contribution in [2.45, 2.75) is 37.4 Å². The highest BCUT2D eigenvalue weighted by atomic mass is 32.2. The molecule has 0 saturated carbocycles. The normalized spacial score (nSPS) is 17.8. The lowest BCUT2D eigenvalue weighted by atomic mass is 9.96. The Morgan fingerprint density at radius 1 is 1.41 bits per heavy atom. The average Bonchev–Trinajstić information content (AvgIpc) is 3.04. The number of ether oxygens (including phenoxy) is 1. The van der Waals surface area contributed by atoms with Crippen LogP contribution in [0, 0.1) is 0 Å². The Morgan fingerprint density at radius 2 is 2.26 bits per heavy atom. The number of benzene rings is 1. The van der Waals surface area contributed by atoms with Crippen molar-refractivity contribution in [2.24, 2.45) is 7.05 Å². The molecule has 0 unspecified atom stereocenters. The summed E-state index contributed by atoms with van der Waals surface area (Å²) < 4.78 is 7.61. The van der Waals surface area contributed by atoms with Crippen LogP contribution in [-0.4, -0.2) is 50.2 Å². The number of likely N-dealkylation sites (tertiary alicyclic amines) is 1. The number of para-hydroxylation sites is 1. The highest BCUT2D eigenvalue weighted by Gasteiger charge is 2.26. The van der Waals surface area contributed by atoms with Crippen LogP contribution in [0.25, 0.3) is 0 Å². The van der Waals surface area contributed by atoms with Gasteiger partial charge in [-0.15, -0.1) is 16.8 Å². The maximum absolute atomic E-state index is 10.5.